The number of esters is 1. The lowest BCUT2D eigenvalue weighted by Crippen LogP contribution is -2.55. The zero-order valence-corrected chi connectivity index (χ0v) is 20.7. The molecule has 2 aromatic carbocycles. The first-order valence-corrected chi connectivity index (χ1v) is 12.3. The number of hydrogen-bond acceptors (Lipinski definition) is 5. The van der Waals surface area contributed by atoms with Crippen LogP contribution in [0.1, 0.15) is 44.0 Å². The van der Waals surface area contributed by atoms with Crippen molar-refractivity contribution in [2.75, 3.05) is 31.6 Å². The predicted molar refractivity (Wildman–Crippen MR) is 135 cm³/mol. The van der Waals surface area contributed by atoms with Crippen LogP contribution in [0.2, 0.25) is 0 Å². The summed E-state index contributed by atoms with van der Waals surface area (Å²) in [4.78, 5) is 43.7. The number of H-pyrrole nitrogens is 1. The van der Waals surface area contributed by atoms with Gasteiger partial charge in [-0.3, -0.25) is 9.59 Å². The van der Waals surface area contributed by atoms with Crippen molar-refractivity contribution in [2.45, 2.75) is 38.1 Å². The molecule has 194 valence electrons. The summed E-state index contributed by atoms with van der Waals surface area (Å²) in [5.74, 6) is -0.677. The van der Waals surface area contributed by atoms with Crippen molar-refractivity contribution < 1.29 is 28.6 Å². The van der Waals surface area contributed by atoms with Crippen LogP contribution < -0.4 is 10.1 Å². The fraction of sp³-hybridized carbons (Fsp3) is 0.370. The number of piperidine rings is 1. The number of aromatic nitrogens is 1. The molecule has 2 aliphatic rings. The van der Waals surface area contributed by atoms with Crippen molar-refractivity contribution in [1.82, 2.24) is 14.8 Å². The van der Waals surface area contributed by atoms with Crippen molar-refractivity contribution in [2.24, 2.45) is 0 Å². The summed E-state index contributed by atoms with van der Waals surface area (Å²) in [6, 6.07) is 10.5. The Hall–Kier alpha value is -3.92. The highest BCUT2D eigenvalue weighted by Crippen LogP contribution is 2.49. The quantitative estimate of drug-likeness (QED) is 0.369. The molecule has 3 amide bonds. The van der Waals surface area contributed by atoms with Gasteiger partial charge >= 0.3 is 12.0 Å². The first-order chi connectivity index (χ1) is 17.7. The highest BCUT2D eigenvalue weighted by atomic mass is 19.1. The Bertz CT molecular complexity index is 1380. The Morgan fingerprint density at radius 1 is 1.16 bits per heavy atom. The molecular weight excluding hydrogens is 479 g/mol. The summed E-state index contributed by atoms with van der Waals surface area (Å²) in [5, 5.41) is 13.8. The molecule has 1 spiro atoms. The first-order valence-electron chi connectivity index (χ1n) is 12.3. The standard InChI is InChI=1S/C27H29FN4O5/c1-16(34)32-15-27(9-11-31(12-10-27)26(36)30-21-6-4-3-5-20(21)28)24-19-8-7-18(37-17(2)35)13-22(19)29-25(24)23(32)14-33/h3-8,13,23,29,33H,9-12,14-15H2,1-2H3,(H,30,36). The van der Waals surface area contributed by atoms with Gasteiger partial charge in [-0.05, 0) is 42.7 Å². The third kappa shape index (κ3) is 4.42. The zero-order valence-electron chi connectivity index (χ0n) is 20.7. The van der Waals surface area contributed by atoms with Crippen LogP contribution in [0.5, 0.6) is 5.75 Å². The number of ether oxygens (including phenoxy) is 1. The van der Waals surface area contributed by atoms with Crippen LogP contribution in [0.25, 0.3) is 10.9 Å². The number of aliphatic hydroxyl groups is 1. The Morgan fingerprint density at radius 2 is 1.89 bits per heavy atom. The van der Waals surface area contributed by atoms with Crippen molar-refractivity contribution in [3.63, 3.8) is 0 Å². The summed E-state index contributed by atoms with van der Waals surface area (Å²) in [5.41, 5.74) is 2.18. The minimum atomic E-state index is -0.537. The second-order valence-electron chi connectivity index (χ2n) is 9.74. The lowest BCUT2D eigenvalue weighted by Gasteiger charge is -2.50. The largest absolute Gasteiger partial charge is 0.427 e. The Kier molecular flexibility index (Phi) is 6.36. The Morgan fingerprint density at radius 3 is 2.54 bits per heavy atom. The first kappa shape index (κ1) is 24.8. The fourth-order valence-corrected chi connectivity index (χ4v) is 5.74. The van der Waals surface area contributed by atoms with Gasteiger partial charge in [-0.2, -0.15) is 0 Å². The molecule has 37 heavy (non-hydrogen) atoms. The highest BCUT2D eigenvalue weighted by Gasteiger charge is 2.48. The zero-order chi connectivity index (χ0) is 26.3. The molecule has 1 unspecified atom stereocenters. The van der Waals surface area contributed by atoms with Gasteiger partial charge in [-0.25, -0.2) is 9.18 Å². The van der Waals surface area contributed by atoms with E-state index < -0.39 is 23.2 Å². The van der Waals surface area contributed by atoms with E-state index in [-0.39, 0.29) is 24.2 Å². The third-order valence-corrected chi connectivity index (χ3v) is 7.47. The SMILES string of the molecule is CC(=O)Oc1ccc2c3c([nH]c2c1)C(CO)N(C(C)=O)CC31CCN(C(=O)Nc2ccccc2F)CC1. The number of amides is 3. The maximum atomic E-state index is 14.0. The summed E-state index contributed by atoms with van der Waals surface area (Å²) in [6.45, 7) is 3.80. The van der Waals surface area contributed by atoms with Gasteiger partial charge in [0.05, 0.1) is 18.3 Å². The number of likely N-dealkylation sites (tertiary alicyclic amines) is 1. The molecule has 3 aromatic rings. The molecule has 0 saturated carbocycles. The average molecular weight is 509 g/mol. The highest BCUT2D eigenvalue weighted by molar-refractivity contribution is 5.91. The third-order valence-electron chi connectivity index (χ3n) is 7.47. The normalized spacial score (nSPS) is 18.5. The van der Waals surface area contributed by atoms with E-state index in [1.165, 1.54) is 26.0 Å². The number of fused-ring (bicyclic) bond motifs is 4. The minimum absolute atomic E-state index is 0.126. The van der Waals surface area contributed by atoms with Gasteiger partial charge in [0.25, 0.3) is 0 Å². The smallest absolute Gasteiger partial charge is 0.321 e. The van der Waals surface area contributed by atoms with Gasteiger partial charge in [-0.15, -0.1) is 0 Å². The second-order valence-corrected chi connectivity index (χ2v) is 9.74. The van der Waals surface area contributed by atoms with E-state index in [0.717, 1.165) is 22.2 Å². The number of aromatic amines is 1. The number of carbonyl (C=O) groups excluding carboxylic acids is 3. The van der Waals surface area contributed by atoms with Crippen LogP contribution in [0.15, 0.2) is 42.5 Å². The van der Waals surface area contributed by atoms with Gasteiger partial charge in [-0.1, -0.05) is 12.1 Å². The number of benzene rings is 2. The van der Waals surface area contributed by atoms with Gasteiger partial charge < -0.3 is 29.9 Å². The number of urea groups is 1. The molecule has 2 aliphatic heterocycles. The van der Waals surface area contributed by atoms with Gasteiger partial charge in [0.15, 0.2) is 0 Å². The molecule has 1 aromatic heterocycles. The molecular formula is C27H29FN4O5. The Balaban J connectivity index is 1.48. The predicted octanol–water partition coefficient (Wildman–Crippen LogP) is 3.69. The molecule has 3 heterocycles. The molecule has 1 fully saturated rings. The maximum absolute atomic E-state index is 14.0. The second kappa shape index (κ2) is 9.51. The fourth-order valence-electron chi connectivity index (χ4n) is 5.74. The van der Waals surface area contributed by atoms with Crippen molar-refractivity contribution in [1.29, 1.82) is 0 Å². The summed E-state index contributed by atoms with van der Waals surface area (Å²) in [7, 11) is 0. The van der Waals surface area contributed by atoms with E-state index in [0.29, 0.717) is 38.2 Å². The molecule has 0 aliphatic carbocycles. The van der Waals surface area contributed by atoms with E-state index in [2.05, 4.69) is 10.3 Å². The van der Waals surface area contributed by atoms with Gasteiger partial charge in [0.1, 0.15) is 11.6 Å². The van der Waals surface area contributed by atoms with Crippen LogP contribution in [-0.2, 0) is 15.0 Å². The Labute approximate surface area is 213 Å². The van der Waals surface area contributed by atoms with Crippen molar-refractivity contribution in [3.05, 3.63) is 59.5 Å². The van der Waals surface area contributed by atoms with Crippen LogP contribution in [0.4, 0.5) is 14.9 Å². The number of anilines is 1. The molecule has 3 N–H and O–H groups in total. The van der Waals surface area contributed by atoms with E-state index in [4.69, 9.17) is 4.74 Å². The van der Waals surface area contributed by atoms with Crippen LogP contribution >= 0.6 is 0 Å². The summed E-state index contributed by atoms with van der Waals surface area (Å²) >= 11 is 0. The monoisotopic (exact) mass is 508 g/mol. The average Bonchev–Trinajstić information content (AvgIpc) is 3.25. The maximum Gasteiger partial charge on any atom is 0.321 e. The van der Waals surface area contributed by atoms with Gasteiger partial charge in [0.2, 0.25) is 5.91 Å². The van der Waals surface area contributed by atoms with Crippen molar-refractivity contribution in [3.8, 4) is 5.75 Å². The topological polar surface area (TPSA) is 115 Å². The molecule has 0 bridgehead atoms. The van der Waals surface area contributed by atoms with E-state index in [1.54, 1.807) is 34.1 Å². The molecule has 1 atom stereocenters. The number of nitrogens with zero attached hydrogens (tertiary/aromatic N) is 2. The molecule has 10 heteroatoms. The number of aliphatic hydroxyl groups excluding tert-OH is 1. The molecule has 0 radical (unpaired) electrons. The molecule has 9 nitrogen and oxygen atoms in total. The number of halogens is 1. The van der Waals surface area contributed by atoms with Crippen molar-refractivity contribution >= 4 is 34.5 Å². The number of nitrogens with one attached hydrogen (secondary N) is 2. The minimum Gasteiger partial charge on any atom is -0.427 e. The lowest BCUT2D eigenvalue weighted by atomic mass is 9.68. The van der Waals surface area contributed by atoms with Crippen LogP contribution in [0, 0.1) is 5.82 Å². The molecule has 1 saturated heterocycles. The summed E-state index contributed by atoms with van der Waals surface area (Å²) in [6.07, 6.45) is 1.15. The van der Waals surface area contributed by atoms with E-state index in [1.807, 2.05) is 6.07 Å². The van der Waals surface area contributed by atoms with Crippen LogP contribution in [-0.4, -0.2) is 64.0 Å². The molecule has 5 rings (SSSR count). The number of hydrogen-bond donors (Lipinski definition) is 3. The van der Waals surface area contributed by atoms with Crippen LogP contribution in [0.3, 0.4) is 0 Å². The number of carbonyl (C=O) groups is 3. The van der Waals surface area contributed by atoms with Gasteiger partial charge in [0, 0.05) is 61.6 Å². The lowest BCUT2D eigenvalue weighted by molar-refractivity contribution is -0.135. The number of para-hydroxylation sites is 1. The summed E-state index contributed by atoms with van der Waals surface area (Å²) < 4.78 is 19.3. The van der Waals surface area contributed by atoms with E-state index in [9.17, 15) is 23.9 Å². The number of rotatable bonds is 3. The van der Waals surface area contributed by atoms with E-state index >= 15 is 0 Å².